The number of hydrogen-bond acceptors (Lipinski definition) is 5. The largest absolute Gasteiger partial charge is 0.390 e. The summed E-state index contributed by atoms with van der Waals surface area (Å²) >= 11 is 0. The lowest BCUT2D eigenvalue weighted by Gasteiger charge is -2.08. The number of primary amides is 1. The van der Waals surface area contributed by atoms with E-state index in [9.17, 15) is 9.59 Å². The van der Waals surface area contributed by atoms with Crippen molar-refractivity contribution < 1.29 is 9.59 Å². The fourth-order valence-corrected chi connectivity index (χ4v) is 1.89. The first-order valence-electron chi connectivity index (χ1n) is 7.80. The molecule has 0 unspecified atom stereocenters. The summed E-state index contributed by atoms with van der Waals surface area (Å²) in [6.45, 7) is 3.97. The van der Waals surface area contributed by atoms with Crippen LogP contribution in [0.3, 0.4) is 0 Å². The van der Waals surface area contributed by atoms with E-state index < -0.39 is 5.91 Å². The van der Waals surface area contributed by atoms with Crippen LogP contribution in [0.15, 0.2) is 57.8 Å². The summed E-state index contributed by atoms with van der Waals surface area (Å²) in [5.41, 5.74) is 13.1. The van der Waals surface area contributed by atoms with Crippen molar-refractivity contribution in [2.45, 2.75) is 20.3 Å². The number of rotatable bonds is 9. The third-order valence-corrected chi connectivity index (χ3v) is 3.17. The second-order valence-corrected chi connectivity index (χ2v) is 5.08. The van der Waals surface area contributed by atoms with Gasteiger partial charge in [-0.05, 0) is 43.7 Å². The molecule has 0 saturated heterocycles. The van der Waals surface area contributed by atoms with Crippen LogP contribution in [0, 0.1) is 0 Å². The average molecular weight is 341 g/mol. The van der Waals surface area contributed by atoms with Crippen LogP contribution in [0.1, 0.15) is 30.6 Å². The molecule has 0 aliphatic heterocycles. The number of allylic oxidation sites excluding steroid dienone is 2. The van der Waals surface area contributed by atoms with E-state index in [-0.39, 0.29) is 5.70 Å². The highest BCUT2D eigenvalue weighted by Gasteiger charge is 2.09. The minimum atomic E-state index is -0.680. The number of aliphatic imine (C=N–C) groups is 2. The van der Waals surface area contributed by atoms with E-state index in [0.29, 0.717) is 23.5 Å². The van der Waals surface area contributed by atoms with Gasteiger partial charge in [-0.15, -0.1) is 0 Å². The molecule has 0 saturated carbocycles. The second-order valence-electron chi connectivity index (χ2n) is 5.08. The number of carbonyl (C=O) groups is 2. The zero-order chi connectivity index (χ0) is 18.7. The van der Waals surface area contributed by atoms with Crippen molar-refractivity contribution in [3.63, 3.8) is 0 Å². The highest BCUT2D eigenvalue weighted by atomic mass is 16.1. The molecule has 7 heteroatoms. The van der Waals surface area contributed by atoms with Crippen LogP contribution in [-0.2, 0) is 4.79 Å². The van der Waals surface area contributed by atoms with Gasteiger partial charge in [0.15, 0.2) is 0 Å². The first-order valence-corrected chi connectivity index (χ1v) is 7.80. The molecule has 5 N–H and O–H groups in total. The van der Waals surface area contributed by atoms with Gasteiger partial charge in [-0.2, -0.15) is 0 Å². The van der Waals surface area contributed by atoms with Crippen molar-refractivity contribution in [3.05, 3.63) is 53.4 Å². The molecule has 0 aliphatic rings. The van der Waals surface area contributed by atoms with E-state index in [1.165, 1.54) is 0 Å². The molecule has 0 heterocycles. The number of amides is 1. The average Bonchev–Trinajstić information content (AvgIpc) is 2.61. The lowest BCUT2D eigenvalue weighted by molar-refractivity contribution is -0.114. The Kier molecular flexibility index (Phi) is 8.35. The van der Waals surface area contributed by atoms with E-state index in [2.05, 4.69) is 15.3 Å². The van der Waals surface area contributed by atoms with E-state index in [0.717, 1.165) is 24.7 Å². The Hall–Kier alpha value is -3.22. The summed E-state index contributed by atoms with van der Waals surface area (Å²) in [6, 6.07) is 7.01. The van der Waals surface area contributed by atoms with Crippen LogP contribution in [0.4, 0.5) is 5.69 Å². The van der Waals surface area contributed by atoms with Gasteiger partial charge in [0.1, 0.15) is 12.0 Å². The number of hydrogen-bond donors (Lipinski definition) is 3. The van der Waals surface area contributed by atoms with Crippen LogP contribution in [-0.4, -0.2) is 30.8 Å². The normalized spacial score (nSPS) is 13.1. The third-order valence-electron chi connectivity index (χ3n) is 3.17. The fraction of sp³-hybridized carbons (Fsp3) is 0.222. The zero-order valence-corrected chi connectivity index (χ0v) is 14.4. The minimum absolute atomic E-state index is 0.0514. The molecule has 0 aliphatic carbocycles. The third kappa shape index (κ3) is 6.82. The first kappa shape index (κ1) is 19.8. The number of carbonyl (C=O) groups excluding carboxylic acids is 2. The number of nitrogens with one attached hydrogen (secondary N) is 1. The molecule has 0 spiro atoms. The number of nitrogens with zero attached hydrogens (tertiary/aromatic N) is 2. The molecule has 1 amide bonds. The summed E-state index contributed by atoms with van der Waals surface area (Å²) in [5.74, 6) is -0.680. The molecule has 0 bridgehead atoms. The van der Waals surface area contributed by atoms with E-state index in [1.807, 2.05) is 19.1 Å². The van der Waals surface area contributed by atoms with Gasteiger partial charge in [0, 0.05) is 11.3 Å². The molecule has 1 rings (SSSR count). The summed E-state index contributed by atoms with van der Waals surface area (Å²) in [7, 11) is 0. The smallest absolute Gasteiger partial charge is 0.269 e. The fourth-order valence-electron chi connectivity index (χ4n) is 1.89. The monoisotopic (exact) mass is 341 g/mol. The molecule has 0 fully saturated rings. The summed E-state index contributed by atoms with van der Waals surface area (Å²) < 4.78 is 0. The van der Waals surface area contributed by atoms with Gasteiger partial charge in [0.2, 0.25) is 0 Å². The maximum atomic E-state index is 11.6. The Morgan fingerprint density at radius 2 is 1.96 bits per heavy atom. The lowest BCUT2D eigenvalue weighted by atomic mass is 10.2. The predicted octanol–water partition coefficient (Wildman–Crippen LogP) is 2.02. The molecule has 7 nitrogen and oxygen atoms in total. The maximum Gasteiger partial charge on any atom is 0.269 e. The number of anilines is 1. The van der Waals surface area contributed by atoms with Crippen molar-refractivity contribution in [1.82, 2.24) is 0 Å². The van der Waals surface area contributed by atoms with Crippen molar-refractivity contribution in [1.29, 1.82) is 0 Å². The van der Waals surface area contributed by atoms with Crippen molar-refractivity contribution in [3.8, 4) is 0 Å². The van der Waals surface area contributed by atoms with Gasteiger partial charge >= 0.3 is 0 Å². The van der Waals surface area contributed by atoms with Gasteiger partial charge in [-0.3, -0.25) is 9.59 Å². The molecular formula is C18H23N5O2. The molecule has 1 aromatic carbocycles. The number of nitrogens with two attached hydrogens (primary N) is 2. The molecule has 0 radical (unpaired) electrons. The first-order chi connectivity index (χ1) is 12.0. The number of benzene rings is 1. The van der Waals surface area contributed by atoms with Gasteiger partial charge < -0.3 is 16.8 Å². The Morgan fingerprint density at radius 3 is 2.48 bits per heavy atom. The molecule has 1 aromatic rings. The van der Waals surface area contributed by atoms with E-state index >= 15 is 0 Å². The topological polar surface area (TPSA) is 123 Å². The molecule has 0 atom stereocenters. The summed E-state index contributed by atoms with van der Waals surface area (Å²) in [5, 5.41) is 3.18. The van der Waals surface area contributed by atoms with Crippen molar-refractivity contribution in [2.75, 3.05) is 11.9 Å². The van der Waals surface area contributed by atoms with Gasteiger partial charge in [0.25, 0.3) is 5.91 Å². The van der Waals surface area contributed by atoms with Crippen LogP contribution in [0.25, 0.3) is 0 Å². The second kappa shape index (κ2) is 10.5. The maximum absolute atomic E-state index is 11.6. The Balaban J connectivity index is 3.05. The molecular weight excluding hydrogens is 318 g/mol. The van der Waals surface area contributed by atoms with Crippen molar-refractivity contribution >= 4 is 29.9 Å². The number of aldehydes is 1. The standard InChI is InChI=1S/C18H23N5O2/c1-3-4-5-16(23-17(18(20)25)13(2)22-12-19)10-21-15-8-6-14(11-24)7-9-15/h4-9,11-12,21H,3,10H2,1-2H3,(H2,19,22)(H2,20,25)/b5-4+,17-13+,23-16-. The van der Waals surface area contributed by atoms with Crippen LogP contribution in [0.5, 0.6) is 0 Å². The Labute approximate surface area is 147 Å². The van der Waals surface area contributed by atoms with Gasteiger partial charge in [-0.1, -0.05) is 13.0 Å². The SMILES string of the molecule is CC/C=C/C(CNc1ccc(C=O)cc1)=N/C(C(N)=O)=C(\C)N=CN. The zero-order valence-electron chi connectivity index (χ0n) is 14.4. The Bertz CT molecular complexity index is 715. The Morgan fingerprint density at radius 1 is 1.28 bits per heavy atom. The van der Waals surface area contributed by atoms with E-state index in [4.69, 9.17) is 11.5 Å². The van der Waals surface area contributed by atoms with Crippen LogP contribution in [0.2, 0.25) is 0 Å². The van der Waals surface area contributed by atoms with Crippen molar-refractivity contribution in [2.24, 2.45) is 21.5 Å². The predicted molar refractivity (Wildman–Crippen MR) is 102 cm³/mol. The lowest BCUT2D eigenvalue weighted by Crippen LogP contribution is -2.18. The van der Waals surface area contributed by atoms with Crippen LogP contribution < -0.4 is 16.8 Å². The molecule has 132 valence electrons. The van der Waals surface area contributed by atoms with Crippen LogP contribution >= 0.6 is 0 Å². The van der Waals surface area contributed by atoms with E-state index in [1.54, 1.807) is 31.2 Å². The molecule has 0 aromatic heterocycles. The van der Waals surface area contributed by atoms with Gasteiger partial charge in [0.05, 0.1) is 24.3 Å². The van der Waals surface area contributed by atoms with Gasteiger partial charge in [-0.25, -0.2) is 9.98 Å². The quantitative estimate of drug-likeness (QED) is 0.275. The highest BCUT2D eigenvalue weighted by Crippen LogP contribution is 2.10. The summed E-state index contributed by atoms with van der Waals surface area (Å²) in [6.07, 6.45) is 6.43. The summed E-state index contributed by atoms with van der Waals surface area (Å²) in [4.78, 5) is 30.5. The minimum Gasteiger partial charge on any atom is -0.390 e. The molecule has 25 heavy (non-hydrogen) atoms. The highest BCUT2D eigenvalue weighted by molar-refractivity contribution is 6.03.